The number of rotatable bonds is 5. The van der Waals surface area contributed by atoms with Crippen molar-refractivity contribution in [3.8, 4) is 0 Å². The zero-order chi connectivity index (χ0) is 16.2. The van der Waals surface area contributed by atoms with Gasteiger partial charge in [-0.05, 0) is 25.7 Å². The molecule has 0 spiro atoms. The minimum Gasteiger partial charge on any atom is -0.480 e. The van der Waals surface area contributed by atoms with Crippen LogP contribution in [0.4, 0.5) is 13.2 Å². The first-order chi connectivity index (χ1) is 9.61. The lowest BCUT2D eigenvalue weighted by atomic mass is 9.81. The fourth-order valence-electron chi connectivity index (χ4n) is 2.37. The van der Waals surface area contributed by atoms with Crippen molar-refractivity contribution in [3.63, 3.8) is 0 Å². The third kappa shape index (κ3) is 5.24. The summed E-state index contributed by atoms with van der Waals surface area (Å²) in [5.74, 6) is -5.03. The molecule has 0 radical (unpaired) electrons. The minimum absolute atomic E-state index is 0.0406. The molecule has 0 aromatic rings. The van der Waals surface area contributed by atoms with Crippen molar-refractivity contribution in [2.75, 3.05) is 0 Å². The Labute approximate surface area is 118 Å². The van der Waals surface area contributed by atoms with Crippen molar-refractivity contribution in [2.24, 2.45) is 17.6 Å². The topological polar surface area (TPSA) is 109 Å². The van der Waals surface area contributed by atoms with Gasteiger partial charge in [0.15, 0.2) is 0 Å². The molecule has 6 nitrogen and oxygen atoms in total. The molecule has 1 aliphatic carbocycles. The molecule has 0 saturated heterocycles. The van der Waals surface area contributed by atoms with Gasteiger partial charge in [-0.25, -0.2) is 4.79 Å². The molecule has 1 rings (SSSR count). The maximum absolute atomic E-state index is 12.5. The molecule has 1 atom stereocenters. The summed E-state index contributed by atoms with van der Waals surface area (Å²) in [6.45, 7) is 0. The maximum Gasteiger partial charge on any atom is 0.391 e. The van der Waals surface area contributed by atoms with E-state index in [1.54, 1.807) is 0 Å². The van der Waals surface area contributed by atoms with Crippen molar-refractivity contribution in [3.05, 3.63) is 0 Å². The molecule has 0 aromatic carbocycles. The number of alkyl halides is 3. The lowest BCUT2D eigenvalue weighted by Crippen LogP contribution is -2.46. The van der Waals surface area contributed by atoms with E-state index in [-0.39, 0.29) is 25.7 Å². The highest BCUT2D eigenvalue weighted by molar-refractivity contribution is 5.88. The van der Waals surface area contributed by atoms with Gasteiger partial charge in [0.05, 0.1) is 12.3 Å². The average Bonchev–Trinajstić information content (AvgIpc) is 2.36. The van der Waals surface area contributed by atoms with Crippen molar-refractivity contribution >= 4 is 17.8 Å². The van der Waals surface area contributed by atoms with Crippen LogP contribution in [0.5, 0.6) is 0 Å². The number of nitrogens with one attached hydrogen (secondary N) is 1. The number of carbonyl (C=O) groups excluding carboxylic acids is 2. The van der Waals surface area contributed by atoms with Crippen LogP contribution in [0.1, 0.15) is 32.1 Å². The summed E-state index contributed by atoms with van der Waals surface area (Å²) in [4.78, 5) is 33.4. The Morgan fingerprint density at radius 1 is 1.19 bits per heavy atom. The van der Waals surface area contributed by atoms with E-state index in [4.69, 9.17) is 10.8 Å². The molecule has 0 heterocycles. The van der Waals surface area contributed by atoms with Crippen molar-refractivity contribution in [1.82, 2.24) is 5.32 Å². The average molecular weight is 310 g/mol. The molecule has 2 amide bonds. The molecule has 120 valence electrons. The number of amides is 2. The second-order valence-corrected chi connectivity index (χ2v) is 5.16. The Bertz CT molecular complexity index is 417. The van der Waals surface area contributed by atoms with Gasteiger partial charge in [0, 0.05) is 5.92 Å². The maximum atomic E-state index is 12.5. The van der Waals surface area contributed by atoms with Crippen LogP contribution in [-0.4, -0.2) is 35.1 Å². The monoisotopic (exact) mass is 310 g/mol. The fraction of sp³-hybridized carbons (Fsp3) is 0.750. The van der Waals surface area contributed by atoms with E-state index < -0.39 is 48.3 Å². The van der Waals surface area contributed by atoms with E-state index in [1.807, 2.05) is 0 Å². The number of carbonyl (C=O) groups is 3. The predicted molar refractivity (Wildman–Crippen MR) is 64.9 cm³/mol. The van der Waals surface area contributed by atoms with Crippen LogP contribution >= 0.6 is 0 Å². The molecule has 21 heavy (non-hydrogen) atoms. The van der Waals surface area contributed by atoms with Crippen molar-refractivity contribution < 1.29 is 32.7 Å². The zero-order valence-electron chi connectivity index (χ0n) is 11.2. The summed E-state index contributed by atoms with van der Waals surface area (Å²) in [6, 6.07) is -1.45. The Balaban J connectivity index is 2.53. The summed E-state index contributed by atoms with van der Waals surface area (Å²) >= 11 is 0. The standard InChI is InChI=1S/C12H17F3N2O4/c13-12(14,15)7-3-1-6(2-4-7)10(19)17-8(11(20)21)5-9(16)18/h6-8H,1-5H2,(H2,16,18)(H,17,19)(H,20,21)/t6?,7?,8-/m1/s1. The van der Waals surface area contributed by atoms with E-state index in [0.29, 0.717) is 0 Å². The molecule has 0 aromatic heterocycles. The van der Waals surface area contributed by atoms with Gasteiger partial charge >= 0.3 is 12.1 Å². The summed E-state index contributed by atoms with van der Waals surface area (Å²) in [5.41, 5.74) is 4.87. The number of carboxylic acid groups (broad SMARTS) is 1. The van der Waals surface area contributed by atoms with E-state index in [2.05, 4.69) is 5.32 Å². The molecule has 1 fully saturated rings. The number of carboxylic acids is 1. The lowest BCUT2D eigenvalue weighted by molar-refractivity contribution is -0.184. The molecule has 0 unspecified atom stereocenters. The van der Waals surface area contributed by atoms with Gasteiger partial charge < -0.3 is 16.2 Å². The van der Waals surface area contributed by atoms with Crippen LogP contribution in [0.3, 0.4) is 0 Å². The molecule has 1 aliphatic rings. The third-order valence-corrected chi connectivity index (χ3v) is 3.58. The highest BCUT2D eigenvalue weighted by atomic mass is 19.4. The van der Waals surface area contributed by atoms with Crippen LogP contribution in [0.2, 0.25) is 0 Å². The van der Waals surface area contributed by atoms with E-state index in [0.717, 1.165) is 0 Å². The second kappa shape index (κ2) is 6.77. The molecule has 0 aliphatic heterocycles. The molecule has 4 N–H and O–H groups in total. The molecule has 1 saturated carbocycles. The first-order valence-electron chi connectivity index (χ1n) is 6.49. The van der Waals surface area contributed by atoms with Gasteiger partial charge in [0.2, 0.25) is 11.8 Å². The minimum atomic E-state index is -4.27. The van der Waals surface area contributed by atoms with Crippen molar-refractivity contribution in [1.29, 1.82) is 0 Å². The molecular formula is C12H17F3N2O4. The summed E-state index contributed by atoms with van der Waals surface area (Å²) in [5, 5.41) is 11.0. The van der Waals surface area contributed by atoms with Crippen molar-refractivity contribution in [2.45, 2.75) is 44.3 Å². The largest absolute Gasteiger partial charge is 0.480 e. The number of nitrogens with two attached hydrogens (primary N) is 1. The lowest BCUT2D eigenvalue weighted by Gasteiger charge is -2.29. The SMILES string of the molecule is NC(=O)C[C@@H](NC(=O)C1CCC(C(F)(F)F)CC1)C(=O)O. The third-order valence-electron chi connectivity index (χ3n) is 3.58. The van der Waals surface area contributed by atoms with Crippen LogP contribution in [-0.2, 0) is 14.4 Å². The van der Waals surface area contributed by atoms with Gasteiger partial charge in [-0.1, -0.05) is 0 Å². The predicted octanol–water partition coefficient (Wildman–Crippen LogP) is 0.800. The fourth-order valence-corrected chi connectivity index (χ4v) is 2.37. The van der Waals surface area contributed by atoms with Gasteiger partial charge in [-0.15, -0.1) is 0 Å². The Kier molecular flexibility index (Phi) is 5.56. The second-order valence-electron chi connectivity index (χ2n) is 5.16. The van der Waals surface area contributed by atoms with Crippen LogP contribution < -0.4 is 11.1 Å². The number of primary amides is 1. The van der Waals surface area contributed by atoms with E-state index in [1.165, 1.54) is 0 Å². The summed E-state index contributed by atoms with van der Waals surface area (Å²) in [6.07, 6.45) is -5.06. The number of aliphatic carboxylic acids is 1. The highest BCUT2D eigenvalue weighted by Gasteiger charge is 2.42. The Morgan fingerprint density at radius 2 is 1.71 bits per heavy atom. The van der Waals surface area contributed by atoms with Gasteiger partial charge in [-0.2, -0.15) is 13.2 Å². The first kappa shape index (κ1) is 17.3. The van der Waals surface area contributed by atoms with Gasteiger partial charge in [-0.3, -0.25) is 9.59 Å². The summed E-state index contributed by atoms with van der Waals surface area (Å²) < 4.78 is 37.5. The van der Waals surface area contributed by atoms with Crippen LogP contribution in [0, 0.1) is 11.8 Å². The van der Waals surface area contributed by atoms with Gasteiger partial charge in [0.1, 0.15) is 6.04 Å². The smallest absolute Gasteiger partial charge is 0.391 e. The van der Waals surface area contributed by atoms with Crippen LogP contribution in [0.25, 0.3) is 0 Å². The highest BCUT2D eigenvalue weighted by Crippen LogP contribution is 2.39. The molecule has 9 heteroatoms. The number of halogens is 3. The zero-order valence-corrected chi connectivity index (χ0v) is 11.2. The van der Waals surface area contributed by atoms with E-state index >= 15 is 0 Å². The molecular weight excluding hydrogens is 293 g/mol. The number of hydrogen-bond acceptors (Lipinski definition) is 3. The van der Waals surface area contributed by atoms with Crippen LogP contribution in [0.15, 0.2) is 0 Å². The Hall–Kier alpha value is -1.80. The van der Waals surface area contributed by atoms with Gasteiger partial charge in [0.25, 0.3) is 0 Å². The number of hydrogen-bond donors (Lipinski definition) is 3. The quantitative estimate of drug-likeness (QED) is 0.697. The van der Waals surface area contributed by atoms with E-state index in [9.17, 15) is 27.6 Å². The normalized spacial score (nSPS) is 24.1. The first-order valence-corrected chi connectivity index (χ1v) is 6.49. The Morgan fingerprint density at radius 3 is 2.10 bits per heavy atom. The molecule has 0 bridgehead atoms. The summed E-state index contributed by atoms with van der Waals surface area (Å²) in [7, 11) is 0.